The number of benzene rings is 2. The molecule has 5 atom stereocenters. The lowest BCUT2D eigenvalue weighted by atomic mass is 9.89. The SMILES string of the molecule is CCCOCC(C)(OCCC)C(=O)[C@H](CC(C)C)NC(=O)[C@H](Cc1ccccc1)NC(=O)[C@H](CC(C)C)NC(=O)[C@H](CCc1ccccc1)NC(=O)CN1CCOCC1. The zero-order valence-corrected chi connectivity index (χ0v) is 36.6. The Morgan fingerprint density at radius 3 is 1.81 bits per heavy atom. The molecular formula is C46H71N5O8. The van der Waals surface area contributed by atoms with E-state index in [9.17, 15) is 24.0 Å². The zero-order chi connectivity index (χ0) is 43.2. The number of Topliss-reactive ketones (excluding diaryl/α,β-unsaturated/α-hetero) is 1. The molecule has 1 saturated heterocycles. The van der Waals surface area contributed by atoms with Crippen LogP contribution in [0, 0.1) is 11.8 Å². The van der Waals surface area contributed by atoms with Crippen LogP contribution in [0.3, 0.4) is 0 Å². The van der Waals surface area contributed by atoms with E-state index in [1.807, 2.05) is 107 Å². The van der Waals surface area contributed by atoms with Crippen molar-refractivity contribution >= 4 is 29.4 Å². The molecule has 4 amide bonds. The standard InChI is InChI=1S/C46H71N5O8/c1-8-24-58-32-46(7,59-25-9-2)42(53)38(28-33(3)4)48-45(56)40(30-36-18-14-11-15-19-36)50-44(55)39(29-34(5)6)49-43(54)37(21-20-35-16-12-10-13-17-35)47-41(52)31-51-22-26-57-27-23-51/h10-19,33-34,37-40H,8-9,20-32H2,1-7H3,(H,47,52)(H,48,56)(H,49,54)(H,50,55)/t37-,38-,39-,40-,46?/m0/s1. The lowest BCUT2D eigenvalue weighted by Gasteiger charge is -2.33. The summed E-state index contributed by atoms with van der Waals surface area (Å²) < 4.78 is 17.4. The second-order valence-corrected chi connectivity index (χ2v) is 16.7. The molecule has 1 unspecified atom stereocenters. The van der Waals surface area contributed by atoms with Crippen LogP contribution in [0.4, 0.5) is 0 Å². The molecule has 1 heterocycles. The fourth-order valence-corrected chi connectivity index (χ4v) is 7.00. The number of morpholine rings is 1. The van der Waals surface area contributed by atoms with Gasteiger partial charge in [0.05, 0.1) is 32.4 Å². The van der Waals surface area contributed by atoms with Crippen LogP contribution in [-0.4, -0.2) is 117 Å². The Labute approximate surface area is 352 Å². The van der Waals surface area contributed by atoms with Crippen molar-refractivity contribution in [1.29, 1.82) is 0 Å². The highest BCUT2D eigenvalue weighted by molar-refractivity contribution is 5.98. The fourth-order valence-electron chi connectivity index (χ4n) is 7.00. The van der Waals surface area contributed by atoms with Gasteiger partial charge in [-0.3, -0.25) is 28.9 Å². The topological polar surface area (TPSA) is 164 Å². The Bertz CT molecular complexity index is 1570. The van der Waals surface area contributed by atoms with Crippen molar-refractivity contribution in [2.24, 2.45) is 11.8 Å². The van der Waals surface area contributed by atoms with Crippen molar-refractivity contribution in [1.82, 2.24) is 26.2 Å². The lowest BCUT2D eigenvalue weighted by molar-refractivity contribution is -0.155. The first-order valence-corrected chi connectivity index (χ1v) is 21.6. The van der Waals surface area contributed by atoms with Gasteiger partial charge in [0.15, 0.2) is 5.78 Å². The minimum absolute atomic E-state index is 0.00472. The Hall–Kier alpha value is -4.17. The molecule has 328 valence electrons. The molecule has 3 rings (SSSR count). The van der Waals surface area contributed by atoms with Crippen LogP contribution >= 0.6 is 0 Å². The predicted octanol–water partition coefficient (Wildman–Crippen LogP) is 4.41. The Kier molecular flexibility index (Phi) is 21.8. The van der Waals surface area contributed by atoms with Gasteiger partial charge in [0.2, 0.25) is 23.6 Å². The number of nitrogens with zero attached hydrogens (tertiary/aromatic N) is 1. The summed E-state index contributed by atoms with van der Waals surface area (Å²) in [5.41, 5.74) is 0.522. The average molecular weight is 822 g/mol. The predicted molar refractivity (Wildman–Crippen MR) is 230 cm³/mol. The summed E-state index contributed by atoms with van der Waals surface area (Å²) >= 11 is 0. The van der Waals surface area contributed by atoms with Gasteiger partial charge in [0.25, 0.3) is 0 Å². The van der Waals surface area contributed by atoms with Gasteiger partial charge in [0.1, 0.15) is 23.7 Å². The number of rotatable bonds is 27. The van der Waals surface area contributed by atoms with Gasteiger partial charge in [-0.1, -0.05) is 102 Å². The summed E-state index contributed by atoms with van der Waals surface area (Å²) in [5, 5.41) is 11.8. The molecule has 1 aliphatic rings. The van der Waals surface area contributed by atoms with Crippen LogP contribution in [-0.2, 0) is 51.0 Å². The highest BCUT2D eigenvalue weighted by atomic mass is 16.5. The molecule has 0 aliphatic carbocycles. The Morgan fingerprint density at radius 1 is 0.695 bits per heavy atom. The smallest absolute Gasteiger partial charge is 0.243 e. The van der Waals surface area contributed by atoms with Crippen molar-refractivity contribution in [2.45, 2.75) is 123 Å². The van der Waals surface area contributed by atoms with Gasteiger partial charge in [-0.05, 0) is 68.4 Å². The van der Waals surface area contributed by atoms with Crippen LogP contribution in [0.5, 0.6) is 0 Å². The van der Waals surface area contributed by atoms with Gasteiger partial charge < -0.3 is 35.5 Å². The van der Waals surface area contributed by atoms with Crippen LogP contribution in [0.2, 0.25) is 0 Å². The summed E-state index contributed by atoms with van der Waals surface area (Å²) in [7, 11) is 0. The van der Waals surface area contributed by atoms with Crippen molar-refractivity contribution < 1.29 is 38.2 Å². The van der Waals surface area contributed by atoms with Gasteiger partial charge in [-0.2, -0.15) is 0 Å². The third-order valence-electron chi connectivity index (χ3n) is 10.2. The Balaban J connectivity index is 1.87. The number of ether oxygens (including phenoxy) is 3. The van der Waals surface area contributed by atoms with Gasteiger partial charge in [-0.15, -0.1) is 0 Å². The van der Waals surface area contributed by atoms with Crippen molar-refractivity contribution in [3.8, 4) is 0 Å². The fraction of sp³-hybridized carbons (Fsp3) is 0.630. The van der Waals surface area contributed by atoms with E-state index in [0.29, 0.717) is 65.2 Å². The van der Waals surface area contributed by atoms with E-state index in [2.05, 4.69) is 21.3 Å². The molecule has 0 bridgehead atoms. The molecule has 0 saturated carbocycles. The normalized spacial score (nSPS) is 16.4. The van der Waals surface area contributed by atoms with E-state index in [1.54, 1.807) is 6.92 Å². The molecule has 2 aromatic carbocycles. The number of hydrogen-bond donors (Lipinski definition) is 4. The average Bonchev–Trinajstić information content (AvgIpc) is 3.21. The molecule has 0 spiro atoms. The van der Waals surface area contributed by atoms with E-state index in [4.69, 9.17) is 14.2 Å². The van der Waals surface area contributed by atoms with E-state index >= 15 is 0 Å². The van der Waals surface area contributed by atoms with E-state index in [-0.39, 0.29) is 49.5 Å². The van der Waals surface area contributed by atoms with Crippen LogP contribution in [0.1, 0.15) is 91.7 Å². The number of amides is 4. The molecule has 13 heteroatoms. The molecule has 13 nitrogen and oxygen atoms in total. The van der Waals surface area contributed by atoms with Gasteiger partial charge >= 0.3 is 0 Å². The number of hydrogen-bond acceptors (Lipinski definition) is 9. The number of nitrogens with one attached hydrogen (secondary N) is 4. The number of carbonyl (C=O) groups is 5. The first-order chi connectivity index (χ1) is 28.2. The quantitative estimate of drug-likeness (QED) is 0.0957. The molecule has 0 radical (unpaired) electrons. The molecule has 1 aliphatic heterocycles. The maximum absolute atomic E-state index is 14.4. The number of aryl methyl sites for hydroxylation is 1. The van der Waals surface area contributed by atoms with E-state index < -0.39 is 47.5 Å². The second kappa shape index (κ2) is 26.1. The summed E-state index contributed by atoms with van der Waals surface area (Å²) in [4.78, 5) is 72.3. The molecule has 0 aromatic heterocycles. The number of carbonyl (C=O) groups excluding carboxylic acids is 5. The first-order valence-electron chi connectivity index (χ1n) is 21.6. The summed E-state index contributed by atoms with van der Waals surface area (Å²) in [6, 6.07) is 15.1. The first kappa shape index (κ1) is 49.2. The summed E-state index contributed by atoms with van der Waals surface area (Å²) in [5.74, 6) is -2.10. The third-order valence-corrected chi connectivity index (χ3v) is 10.2. The van der Waals surface area contributed by atoms with Crippen molar-refractivity contribution in [3.63, 3.8) is 0 Å². The van der Waals surface area contributed by atoms with Gasteiger partial charge in [-0.25, -0.2) is 0 Å². The van der Waals surface area contributed by atoms with Gasteiger partial charge in [0, 0.05) is 32.7 Å². The largest absolute Gasteiger partial charge is 0.379 e. The summed E-state index contributed by atoms with van der Waals surface area (Å²) in [6.07, 6.45) is 3.10. The molecular weight excluding hydrogens is 751 g/mol. The van der Waals surface area contributed by atoms with E-state index in [1.165, 1.54) is 0 Å². The van der Waals surface area contributed by atoms with Crippen molar-refractivity contribution in [2.75, 3.05) is 52.7 Å². The maximum Gasteiger partial charge on any atom is 0.243 e. The Morgan fingerprint density at radius 2 is 1.22 bits per heavy atom. The van der Waals surface area contributed by atoms with Crippen molar-refractivity contribution in [3.05, 3.63) is 71.8 Å². The highest BCUT2D eigenvalue weighted by Gasteiger charge is 2.41. The molecule has 59 heavy (non-hydrogen) atoms. The highest BCUT2D eigenvalue weighted by Crippen LogP contribution is 2.20. The minimum Gasteiger partial charge on any atom is -0.379 e. The van der Waals surface area contributed by atoms with Crippen LogP contribution in [0.25, 0.3) is 0 Å². The second-order valence-electron chi connectivity index (χ2n) is 16.7. The molecule has 1 fully saturated rings. The molecule has 4 N–H and O–H groups in total. The van der Waals surface area contributed by atoms with Crippen LogP contribution in [0.15, 0.2) is 60.7 Å². The number of ketones is 1. The van der Waals surface area contributed by atoms with Crippen LogP contribution < -0.4 is 21.3 Å². The summed E-state index contributed by atoms with van der Waals surface area (Å²) in [6.45, 7) is 16.8. The lowest BCUT2D eigenvalue weighted by Crippen LogP contribution is -2.60. The van der Waals surface area contributed by atoms with E-state index in [0.717, 1.165) is 17.5 Å². The monoisotopic (exact) mass is 822 g/mol. The zero-order valence-electron chi connectivity index (χ0n) is 36.6. The maximum atomic E-state index is 14.4. The molecule has 2 aromatic rings. The minimum atomic E-state index is -1.29. The third kappa shape index (κ3) is 17.9.